The lowest BCUT2D eigenvalue weighted by Crippen LogP contribution is -2.14. The lowest BCUT2D eigenvalue weighted by molar-refractivity contribution is 0.589. The zero-order chi connectivity index (χ0) is 14.4. The van der Waals surface area contributed by atoms with E-state index in [0.29, 0.717) is 16.5 Å². The smallest absolute Gasteiger partial charge is 0.137 e. The van der Waals surface area contributed by atoms with Gasteiger partial charge in [0.2, 0.25) is 0 Å². The molecule has 1 nitrogen and oxygen atoms in total. The second kappa shape index (κ2) is 7.67. The van der Waals surface area contributed by atoms with Gasteiger partial charge in [0.05, 0.1) is 4.90 Å². The molecule has 0 radical (unpaired) electrons. The number of rotatable bonds is 6. The molecule has 0 fully saturated rings. The van der Waals surface area contributed by atoms with Crippen LogP contribution in [-0.2, 0) is 6.54 Å². The van der Waals surface area contributed by atoms with Gasteiger partial charge in [-0.1, -0.05) is 48.5 Å². The summed E-state index contributed by atoms with van der Waals surface area (Å²) < 4.78 is 14.1. The van der Waals surface area contributed by atoms with Crippen LogP contribution in [0.5, 0.6) is 0 Å². The SMILES string of the molecule is CCCNCc1cccc(F)c1Sc1cccc(Cl)c1. The maximum Gasteiger partial charge on any atom is 0.137 e. The van der Waals surface area contributed by atoms with Gasteiger partial charge in [-0.2, -0.15) is 0 Å². The van der Waals surface area contributed by atoms with Crippen LogP contribution in [0.4, 0.5) is 4.39 Å². The molecule has 0 amide bonds. The van der Waals surface area contributed by atoms with Gasteiger partial charge >= 0.3 is 0 Å². The minimum Gasteiger partial charge on any atom is -0.313 e. The van der Waals surface area contributed by atoms with Crippen molar-refractivity contribution in [2.75, 3.05) is 6.54 Å². The third-order valence-corrected chi connectivity index (χ3v) is 4.19. The highest BCUT2D eigenvalue weighted by Gasteiger charge is 2.10. The topological polar surface area (TPSA) is 12.0 Å². The zero-order valence-electron chi connectivity index (χ0n) is 11.3. The normalized spacial score (nSPS) is 10.8. The van der Waals surface area contributed by atoms with Crippen LogP contribution in [0.25, 0.3) is 0 Å². The Kier molecular flexibility index (Phi) is 5.89. The Hall–Kier alpha value is -1.03. The molecule has 0 aliphatic heterocycles. The van der Waals surface area contributed by atoms with Crippen molar-refractivity contribution in [3.63, 3.8) is 0 Å². The van der Waals surface area contributed by atoms with Crippen molar-refractivity contribution < 1.29 is 4.39 Å². The van der Waals surface area contributed by atoms with Crippen LogP contribution in [0, 0.1) is 5.82 Å². The Morgan fingerprint density at radius 3 is 2.75 bits per heavy atom. The van der Waals surface area contributed by atoms with Crippen LogP contribution < -0.4 is 5.32 Å². The summed E-state index contributed by atoms with van der Waals surface area (Å²) in [5.74, 6) is -0.189. The molecule has 0 unspecified atom stereocenters. The molecule has 0 atom stereocenters. The van der Waals surface area contributed by atoms with Gasteiger partial charge in [-0.25, -0.2) is 4.39 Å². The van der Waals surface area contributed by atoms with Crippen molar-refractivity contribution in [3.05, 3.63) is 58.9 Å². The predicted molar refractivity (Wildman–Crippen MR) is 84.0 cm³/mol. The predicted octanol–water partition coefficient (Wildman–Crippen LogP) is 5.13. The van der Waals surface area contributed by atoms with E-state index in [1.165, 1.54) is 17.8 Å². The van der Waals surface area contributed by atoms with Gasteiger partial charge in [-0.05, 0) is 42.8 Å². The number of benzene rings is 2. The molecule has 4 heteroatoms. The summed E-state index contributed by atoms with van der Waals surface area (Å²) in [7, 11) is 0. The highest BCUT2D eigenvalue weighted by molar-refractivity contribution is 7.99. The molecule has 106 valence electrons. The number of hydrogen-bond donors (Lipinski definition) is 1. The Balaban J connectivity index is 2.21. The lowest BCUT2D eigenvalue weighted by Gasteiger charge is -2.11. The first-order valence-electron chi connectivity index (χ1n) is 6.62. The van der Waals surface area contributed by atoms with E-state index in [-0.39, 0.29) is 5.82 Å². The molecule has 0 spiro atoms. The summed E-state index contributed by atoms with van der Waals surface area (Å²) in [6.45, 7) is 3.71. The fourth-order valence-corrected chi connectivity index (χ4v) is 3.12. The molecule has 0 bridgehead atoms. The number of halogens is 2. The van der Waals surface area contributed by atoms with Crippen LogP contribution in [-0.4, -0.2) is 6.54 Å². The van der Waals surface area contributed by atoms with E-state index >= 15 is 0 Å². The molecular formula is C16H17ClFNS. The maximum atomic E-state index is 14.1. The van der Waals surface area contributed by atoms with E-state index in [1.807, 2.05) is 30.3 Å². The first-order valence-corrected chi connectivity index (χ1v) is 7.81. The van der Waals surface area contributed by atoms with Crippen LogP contribution in [0.2, 0.25) is 5.02 Å². The summed E-state index contributed by atoms with van der Waals surface area (Å²) in [5, 5.41) is 3.97. The van der Waals surface area contributed by atoms with E-state index in [4.69, 9.17) is 11.6 Å². The molecule has 1 N–H and O–H groups in total. The minimum absolute atomic E-state index is 0.189. The summed E-state index contributed by atoms with van der Waals surface area (Å²) in [6, 6.07) is 12.7. The van der Waals surface area contributed by atoms with E-state index in [2.05, 4.69) is 12.2 Å². The fraction of sp³-hybridized carbons (Fsp3) is 0.250. The molecule has 0 aromatic heterocycles. The summed E-state index contributed by atoms with van der Waals surface area (Å²) in [6.07, 6.45) is 1.06. The fourth-order valence-electron chi connectivity index (χ4n) is 1.86. The zero-order valence-corrected chi connectivity index (χ0v) is 12.9. The standard InChI is InChI=1S/C16H17ClFNS/c1-2-9-19-11-12-5-3-8-15(18)16(12)20-14-7-4-6-13(17)10-14/h3-8,10,19H,2,9,11H2,1H3. The summed E-state index contributed by atoms with van der Waals surface area (Å²) in [4.78, 5) is 1.61. The summed E-state index contributed by atoms with van der Waals surface area (Å²) in [5.41, 5.74) is 0.975. The average molecular weight is 310 g/mol. The van der Waals surface area contributed by atoms with Crippen LogP contribution in [0.1, 0.15) is 18.9 Å². The minimum atomic E-state index is -0.189. The van der Waals surface area contributed by atoms with E-state index in [9.17, 15) is 4.39 Å². The molecule has 2 aromatic carbocycles. The summed E-state index contributed by atoms with van der Waals surface area (Å²) >= 11 is 7.39. The quantitative estimate of drug-likeness (QED) is 0.742. The Morgan fingerprint density at radius 2 is 2.00 bits per heavy atom. The second-order valence-electron chi connectivity index (χ2n) is 4.46. The van der Waals surface area contributed by atoms with Crippen molar-refractivity contribution >= 4 is 23.4 Å². The highest BCUT2D eigenvalue weighted by Crippen LogP contribution is 2.33. The Bertz CT molecular complexity index is 574. The van der Waals surface area contributed by atoms with Crippen LogP contribution in [0.3, 0.4) is 0 Å². The van der Waals surface area contributed by atoms with Gasteiger partial charge < -0.3 is 5.32 Å². The Labute approximate surface area is 128 Å². The van der Waals surface area contributed by atoms with Gasteiger partial charge in [-0.15, -0.1) is 0 Å². The third-order valence-electron chi connectivity index (χ3n) is 2.81. The number of hydrogen-bond acceptors (Lipinski definition) is 2. The van der Waals surface area contributed by atoms with Crippen molar-refractivity contribution in [1.29, 1.82) is 0 Å². The van der Waals surface area contributed by atoms with Crippen molar-refractivity contribution in [1.82, 2.24) is 5.32 Å². The first kappa shape index (κ1) is 15.4. The van der Waals surface area contributed by atoms with E-state index in [1.54, 1.807) is 6.07 Å². The van der Waals surface area contributed by atoms with Crippen molar-refractivity contribution in [2.45, 2.75) is 29.7 Å². The van der Waals surface area contributed by atoms with E-state index in [0.717, 1.165) is 23.4 Å². The van der Waals surface area contributed by atoms with Crippen LogP contribution >= 0.6 is 23.4 Å². The third kappa shape index (κ3) is 4.23. The molecule has 0 saturated carbocycles. The first-order chi connectivity index (χ1) is 9.70. The molecule has 2 aromatic rings. The van der Waals surface area contributed by atoms with Gasteiger partial charge in [0.1, 0.15) is 5.82 Å². The van der Waals surface area contributed by atoms with Gasteiger partial charge in [0, 0.05) is 16.5 Å². The molecule has 0 heterocycles. The largest absolute Gasteiger partial charge is 0.313 e. The van der Waals surface area contributed by atoms with Crippen molar-refractivity contribution in [2.24, 2.45) is 0 Å². The number of nitrogens with one attached hydrogen (secondary N) is 1. The monoisotopic (exact) mass is 309 g/mol. The van der Waals surface area contributed by atoms with Crippen LogP contribution in [0.15, 0.2) is 52.3 Å². The second-order valence-corrected chi connectivity index (χ2v) is 5.98. The molecule has 0 aliphatic rings. The van der Waals surface area contributed by atoms with Gasteiger partial charge in [-0.3, -0.25) is 0 Å². The molecular weight excluding hydrogens is 293 g/mol. The van der Waals surface area contributed by atoms with E-state index < -0.39 is 0 Å². The lowest BCUT2D eigenvalue weighted by atomic mass is 10.2. The molecule has 20 heavy (non-hydrogen) atoms. The van der Waals surface area contributed by atoms with Gasteiger partial charge in [0.25, 0.3) is 0 Å². The molecule has 2 rings (SSSR count). The maximum absolute atomic E-state index is 14.1. The highest BCUT2D eigenvalue weighted by atomic mass is 35.5. The van der Waals surface area contributed by atoms with Gasteiger partial charge in [0.15, 0.2) is 0 Å². The van der Waals surface area contributed by atoms with Crippen molar-refractivity contribution in [3.8, 4) is 0 Å². The molecule has 0 saturated heterocycles. The average Bonchev–Trinajstić information content (AvgIpc) is 2.43. The Morgan fingerprint density at radius 1 is 1.20 bits per heavy atom. The molecule has 0 aliphatic carbocycles.